The van der Waals surface area contributed by atoms with Crippen LogP contribution in [0, 0.1) is 0 Å². The minimum Gasteiger partial charge on any atom is -0.379 e. The van der Waals surface area contributed by atoms with Crippen LogP contribution in [0.3, 0.4) is 0 Å². The third kappa shape index (κ3) is 6.13. The monoisotopic (exact) mass is 473 g/mol. The Hall–Kier alpha value is -3.53. The molecule has 2 saturated heterocycles. The van der Waals surface area contributed by atoms with Gasteiger partial charge in [-0.25, -0.2) is 4.98 Å². The molecule has 3 aromatic rings. The number of guanidine groups is 1. The van der Waals surface area contributed by atoms with Gasteiger partial charge in [-0.15, -0.1) is 0 Å². The second-order valence-corrected chi connectivity index (χ2v) is 8.58. The molecule has 3 heterocycles. The summed E-state index contributed by atoms with van der Waals surface area (Å²) in [5, 5.41) is 3.15. The maximum atomic E-state index is 6.22. The van der Waals surface area contributed by atoms with Gasteiger partial charge >= 0.3 is 0 Å². The fraction of sp³-hybridized carbons (Fsp3) is 0.346. The van der Waals surface area contributed by atoms with Crippen molar-refractivity contribution < 1.29 is 9.47 Å². The Bertz CT molecular complexity index is 1120. The molecule has 0 amide bonds. The van der Waals surface area contributed by atoms with Gasteiger partial charge in [0.1, 0.15) is 5.69 Å². The first-order valence-electron chi connectivity index (χ1n) is 12.0. The van der Waals surface area contributed by atoms with Crippen molar-refractivity contribution in [3.63, 3.8) is 0 Å². The third-order valence-corrected chi connectivity index (χ3v) is 6.16. The molecular weight excluding hydrogens is 442 g/mol. The molecule has 2 aromatic carbocycles. The number of hydrogen-bond donors (Lipinski definition) is 2. The summed E-state index contributed by atoms with van der Waals surface area (Å²) >= 11 is 0. The Balaban J connectivity index is 1.26. The summed E-state index contributed by atoms with van der Waals surface area (Å²) < 4.78 is 10.9. The lowest BCUT2D eigenvalue weighted by Gasteiger charge is -2.28. The van der Waals surface area contributed by atoms with E-state index in [1.165, 1.54) is 11.3 Å². The second kappa shape index (κ2) is 11.3. The molecule has 3 N–H and O–H groups in total. The summed E-state index contributed by atoms with van der Waals surface area (Å²) in [7, 11) is 0. The molecule has 0 bridgehead atoms. The van der Waals surface area contributed by atoms with Crippen LogP contribution < -0.4 is 16.0 Å². The molecule has 0 saturated carbocycles. The van der Waals surface area contributed by atoms with E-state index in [-0.39, 0.29) is 5.96 Å². The average Bonchev–Trinajstić information content (AvgIpc) is 2.91. The first-order chi connectivity index (χ1) is 17.2. The van der Waals surface area contributed by atoms with Gasteiger partial charge in [-0.2, -0.15) is 4.99 Å². The van der Waals surface area contributed by atoms with Crippen LogP contribution >= 0.6 is 0 Å². The van der Waals surface area contributed by atoms with E-state index < -0.39 is 0 Å². The average molecular weight is 474 g/mol. The summed E-state index contributed by atoms with van der Waals surface area (Å²) in [6.45, 7) is 7.77. The van der Waals surface area contributed by atoms with Gasteiger partial charge in [0.15, 0.2) is 11.8 Å². The van der Waals surface area contributed by atoms with Crippen LogP contribution in [0.4, 0.5) is 17.2 Å². The van der Waals surface area contributed by atoms with E-state index in [2.05, 4.69) is 66.5 Å². The topological polar surface area (TPSA) is 101 Å². The van der Waals surface area contributed by atoms with Gasteiger partial charge in [0.2, 0.25) is 0 Å². The Kier molecular flexibility index (Phi) is 7.47. The predicted molar refractivity (Wildman–Crippen MR) is 138 cm³/mol. The summed E-state index contributed by atoms with van der Waals surface area (Å²) in [5.74, 6) is 0.734. The molecule has 2 aliphatic rings. The normalized spacial score (nSPS) is 17.4. The minimum atomic E-state index is 0.259. The zero-order valence-corrected chi connectivity index (χ0v) is 19.8. The molecule has 9 nitrogen and oxygen atoms in total. The number of morpholine rings is 2. The molecule has 35 heavy (non-hydrogen) atoms. The van der Waals surface area contributed by atoms with Crippen LogP contribution in [-0.2, 0) is 16.0 Å². The van der Waals surface area contributed by atoms with Crippen molar-refractivity contribution in [3.8, 4) is 11.3 Å². The first kappa shape index (κ1) is 23.2. The number of aliphatic imine (C=N–C) groups is 1. The summed E-state index contributed by atoms with van der Waals surface area (Å²) in [4.78, 5) is 18.2. The summed E-state index contributed by atoms with van der Waals surface area (Å²) in [5.41, 5.74) is 11.2. The molecule has 1 aromatic heterocycles. The van der Waals surface area contributed by atoms with Crippen molar-refractivity contribution in [2.45, 2.75) is 6.54 Å². The molecule has 0 atom stereocenters. The maximum Gasteiger partial charge on any atom is 0.199 e. The number of hydrogen-bond acceptors (Lipinski definition) is 7. The van der Waals surface area contributed by atoms with E-state index in [4.69, 9.17) is 15.2 Å². The smallest absolute Gasteiger partial charge is 0.199 e. The molecule has 9 heteroatoms. The van der Waals surface area contributed by atoms with Gasteiger partial charge in [-0.3, -0.25) is 9.88 Å². The number of nitrogens with two attached hydrogens (primary N) is 1. The summed E-state index contributed by atoms with van der Waals surface area (Å²) in [6, 6.07) is 16.5. The first-order valence-corrected chi connectivity index (χ1v) is 12.0. The lowest BCUT2D eigenvalue weighted by atomic mass is 10.1. The zero-order chi connectivity index (χ0) is 23.9. The van der Waals surface area contributed by atoms with Crippen molar-refractivity contribution in [1.29, 1.82) is 0 Å². The number of rotatable bonds is 6. The van der Waals surface area contributed by atoms with Crippen LogP contribution in [0.25, 0.3) is 11.3 Å². The lowest BCUT2D eigenvalue weighted by Crippen LogP contribution is -2.36. The van der Waals surface area contributed by atoms with Gasteiger partial charge in [0.25, 0.3) is 0 Å². The fourth-order valence-electron chi connectivity index (χ4n) is 4.27. The molecule has 0 spiro atoms. The lowest BCUT2D eigenvalue weighted by molar-refractivity contribution is 0.0342. The molecular formula is C26H31N7O2. The zero-order valence-electron chi connectivity index (χ0n) is 19.8. The number of anilines is 2. The van der Waals surface area contributed by atoms with Crippen LogP contribution in [0.2, 0.25) is 0 Å². The number of aromatic nitrogens is 2. The van der Waals surface area contributed by atoms with E-state index >= 15 is 0 Å². The highest BCUT2D eigenvalue weighted by Crippen LogP contribution is 2.26. The SMILES string of the molecule is NC(=Nc1nccnc1-c1ccc(CN2CCOCC2)cc1)Nc1ccc(N2CCOCC2)cc1. The van der Waals surface area contributed by atoms with E-state index in [0.29, 0.717) is 11.5 Å². The van der Waals surface area contributed by atoms with Crippen molar-refractivity contribution in [2.24, 2.45) is 10.7 Å². The summed E-state index contributed by atoms with van der Waals surface area (Å²) in [6.07, 6.45) is 3.30. The molecule has 2 fully saturated rings. The van der Waals surface area contributed by atoms with Crippen LogP contribution in [-0.4, -0.2) is 73.4 Å². The molecule has 0 unspecified atom stereocenters. The number of benzene rings is 2. The van der Waals surface area contributed by atoms with Crippen molar-refractivity contribution >= 4 is 23.2 Å². The van der Waals surface area contributed by atoms with Crippen LogP contribution in [0.5, 0.6) is 0 Å². The minimum absolute atomic E-state index is 0.259. The Morgan fingerprint density at radius 3 is 2.23 bits per heavy atom. The van der Waals surface area contributed by atoms with Gasteiger partial charge in [-0.05, 0) is 29.8 Å². The van der Waals surface area contributed by atoms with Crippen molar-refractivity contribution in [1.82, 2.24) is 14.9 Å². The van der Waals surface area contributed by atoms with E-state index in [0.717, 1.165) is 70.4 Å². The molecule has 2 aliphatic heterocycles. The van der Waals surface area contributed by atoms with Gasteiger partial charge in [0.05, 0.1) is 26.4 Å². The van der Waals surface area contributed by atoms with E-state index in [1.807, 2.05) is 12.1 Å². The Morgan fingerprint density at radius 2 is 1.51 bits per heavy atom. The second-order valence-electron chi connectivity index (χ2n) is 8.58. The third-order valence-electron chi connectivity index (χ3n) is 6.16. The van der Waals surface area contributed by atoms with Gasteiger partial charge in [0, 0.05) is 62.1 Å². The van der Waals surface area contributed by atoms with Crippen molar-refractivity contribution in [3.05, 3.63) is 66.5 Å². The fourth-order valence-corrected chi connectivity index (χ4v) is 4.27. The molecule has 0 radical (unpaired) electrons. The quantitative estimate of drug-likeness (QED) is 0.416. The van der Waals surface area contributed by atoms with Crippen LogP contribution in [0.15, 0.2) is 65.9 Å². The van der Waals surface area contributed by atoms with Gasteiger partial charge < -0.3 is 25.4 Å². The van der Waals surface area contributed by atoms with Crippen molar-refractivity contribution in [2.75, 3.05) is 62.8 Å². The highest BCUT2D eigenvalue weighted by Gasteiger charge is 2.13. The van der Waals surface area contributed by atoms with E-state index in [1.54, 1.807) is 12.4 Å². The Labute approximate surface area is 205 Å². The molecule has 0 aliphatic carbocycles. The number of nitrogens with zero attached hydrogens (tertiary/aromatic N) is 5. The van der Waals surface area contributed by atoms with Gasteiger partial charge in [-0.1, -0.05) is 24.3 Å². The number of nitrogens with one attached hydrogen (secondary N) is 1. The predicted octanol–water partition coefficient (Wildman–Crippen LogP) is 2.87. The molecule has 5 rings (SSSR count). The van der Waals surface area contributed by atoms with E-state index in [9.17, 15) is 0 Å². The highest BCUT2D eigenvalue weighted by atomic mass is 16.5. The molecule has 182 valence electrons. The standard InChI is InChI=1S/C26H31N7O2/c27-26(30-22-5-7-23(8-6-22)33-13-17-35-18-14-33)31-25-24(28-9-10-29-25)21-3-1-20(2-4-21)19-32-11-15-34-16-12-32/h1-10H,11-19H2,(H3,27,29,30,31). The number of ether oxygens (including phenoxy) is 2. The maximum absolute atomic E-state index is 6.22. The highest BCUT2D eigenvalue weighted by molar-refractivity contribution is 5.94. The van der Waals surface area contributed by atoms with Crippen LogP contribution in [0.1, 0.15) is 5.56 Å². The Morgan fingerprint density at radius 1 is 0.857 bits per heavy atom. The largest absolute Gasteiger partial charge is 0.379 e.